The maximum absolute atomic E-state index is 13.6. The molecule has 27 heavy (non-hydrogen) atoms. The van der Waals surface area contributed by atoms with Crippen LogP contribution < -0.4 is 0 Å². The van der Waals surface area contributed by atoms with Crippen LogP contribution in [0, 0.1) is 13.8 Å². The molecule has 0 spiro atoms. The van der Waals surface area contributed by atoms with Crippen molar-refractivity contribution >= 4 is 11.6 Å². The van der Waals surface area contributed by atoms with Crippen LogP contribution in [0.4, 0.5) is 13.2 Å². The minimum atomic E-state index is -4.64. The molecule has 1 aromatic carbocycles. The van der Waals surface area contributed by atoms with Crippen LogP contribution >= 0.6 is 0 Å². The van der Waals surface area contributed by atoms with Gasteiger partial charge < -0.3 is 4.74 Å². The van der Waals surface area contributed by atoms with Crippen LogP contribution in [-0.4, -0.2) is 27.2 Å². The van der Waals surface area contributed by atoms with Crippen molar-refractivity contribution in [3.05, 3.63) is 53.0 Å². The van der Waals surface area contributed by atoms with Crippen molar-refractivity contribution in [3.63, 3.8) is 0 Å². The van der Waals surface area contributed by atoms with Gasteiger partial charge in [-0.25, -0.2) is 9.50 Å². The van der Waals surface area contributed by atoms with E-state index in [1.807, 2.05) is 0 Å². The Kier molecular flexibility index (Phi) is 4.91. The normalized spacial score (nSPS) is 11.8. The molecule has 2 heterocycles. The Hall–Kier alpha value is -2.90. The molecule has 5 nitrogen and oxygen atoms in total. The molecule has 0 aliphatic rings. The average molecular weight is 377 g/mol. The molecule has 3 aromatic rings. The van der Waals surface area contributed by atoms with Gasteiger partial charge in [-0.2, -0.15) is 18.3 Å². The maximum atomic E-state index is 13.6. The lowest BCUT2D eigenvalue weighted by atomic mass is 10.0. The molecule has 142 valence electrons. The summed E-state index contributed by atoms with van der Waals surface area (Å²) in [6.07, 6.45) is -4.71. The second-order valence-corrected chi connectivity index (χ2v) is 6.07. The lowest BCUT2D eigenvalue weighted by molar-refractivity contribution is -0.142. The fraction of sp³-hybridized carbons (Fsp3) is 0.316. The number of esters is 1. The number of nitrogens with zero attached hydrogens (tertiary/aromatic N) is 3. The largest absolute Gasteiger partial charge is 0.466 e. The summed E-state index contributed by atoms with van der Waals surface area (Å²) in [6.45, 7) is 5.20. The molecule has 0 fully saturated rings. The maximum Gasteiger partial charge on any atom is 0.435 e. The van der Waals surface area contributed by atoms with Gasteiger partial charge in [-0.1, -0.05) is 30.3 Å². The molecular formula is C19H18F3N3O2. The van der Waals surface area contributed by atoms with Gasteiger partial charge in [0.05, 0.1) is 18.6 Å². The first-order valence-electron chi connectivity index (χ1n) is 8.41. The molecule has 0 bridgehead atoms. The van der Waals surface area contributed by atoms with E-state index < -0.39 is 17.8 Å². The lowest BCUT2D eigenvalue weighted by Gasteiger charge is -2.11. The van der Waals surface area contributed by atoms with E-state index >= 15 is 0 Å². The summed E-state index contributed by atoms with van der Waals surface area (Å²) in [5, 5.41) is 3.79. The number of halogens is 3. The number of ether oxygens (including phenoxy) is 1. The van der Waals surface area contributed by atoms with Crippen LogP contribution in [0.1, 0.15) is 29.6 Å². The highest BCUT2D eigenvalue weighted by atomic mass is 19.4. The number of carbonyl (C=O) groups is 1. The van der Waals surface area contributed by atoms with Crippen LogP contribution in [0.25, 0.3) is 16.8 Å². The fourth-order valence-electron chi connectivity index (χ4n) is 3.04. The van der Waals surface area contributed by atoms with Crippen LogP contribution in [0.15, 0.2) is 30.3 Å². The van der Waals surface area contributed by atoms with Gasteiger partial charge in [0, 0.05) is 17.0 Å². The third kappa shape index (κ3) is 3.51. The van der Waals surface area contributed by atoms with E-state index in [4.69, 9.17) is 4.74 Å². The predicted octanol–water partition coefficient (Wildman–Crippen LogP) is 4.14. The number of benzene rings is 1. The number of hydrogen-bond donors (Lipinski definition) is 0. The van der Waals surface area contributed by atoms with E-state index in [-0.39, 0.29) is 24.2 Å². The molecule has 0 saturated heterocycles. The van der Waals surface area contributed by atoms with Crippen molar-refractivity contribution in [3.8, 4) is 11.1 Å². The topological polar surface area (TPSA) is 56.5 Å². The number of rotatable bonds is 4. The molecule has 0 aliphatic carbocycles. The molecule has 0 unspecified atom stereocenters. The van der Waals surface area contributed by atoms with E-state index in [2.05, 4.69) is 10.1 Å². The minimum absolute atomic E-state index is 0.0722. The van der Waals surface area contributed by atoms with Gasteiger partial charge in [0.15, 0.2) is 11.3 Å². The van der Waals surface area contributed by atoms with Crippen molar-refractivity contribution in [2.45, 2.75) is 33.4 Å². The number of hydrogen-bond acceptors (Lipinski definition) is 4. The summed E-state index contributed by atoms with van der Waals surface area (Å²) in [4.78, 5) is 16.2. The highest BCUT2D eigenvalue weighted by Gasteiger charge is 2.39. The van der Waals surface area contributed by atoms with Crippen molar-refractivity contribution in [1.82, 2.24) is 14.6 Å². The number of alkyl halides is 3. The van der Waals surface area contributed by atoms with E-state index in [1.54, 1.807) is 51.1 Å². The quantitative estimate of drug-likeness (QED) is 0.642. The van der Waals surface area contributed by atoms with Crippen molar-refractivity contribution in [2.75, 3.05) is 6.61 Å². The SMILES string of the molecule is CCOC(=O)Cc1c(C)nc2c(-c3ccccc3)c(C(F)(F)F)nn2c1C. The Morgan fingerprint density at radius 3 is 2.44 bits per heavy atom. The summed E-state index contributed by atoms with van der Waals surface area (Å²) in [5.41, 5.74) is 0.822. The number of aromatic nitrogens is 3. The van der Waals surface area contributed by atoms with Gasteiger partial charge in [-0.05, 0) is 26.3 Å². The third-order valence-electron chi connectivity index (χ3n) is 4.28. The van der Waals surface area contributed by atoms with Crippen LogP contribution in [0.3, 0.4) is 0 Å². The molecule has 2 aromatic heterocycles. The van der Waals surface area contributed by atoms with Gasteiger partial charge in [-0.15, -0.1) is 0 Å². The third-order valence-corrected chi connectivity index (χ3v) is 4.28. The molecule has 0 N–H and O–H groups in total. The molecule has 0 amide bonds. The standard InChI is InChI=1S/C19H18F3N3O2/c1-4-27-15(26)10-14-11(2)23-18-16(13-8-6-5-7-9-13)17(19(20,21)22)24-25(18)12(14)3/h5-9H,4,10H2,1-3H3. The predicted molar refractivity (Wildman–Crippen MR) is 93.2 cm³/mol. The zero-order valence-electron chi connectivity index (χ0n) is 15.1. The number of aryl methyl sites for hydroxylation is 2. The molecule has 8 heteroatoms. The second kappa shape index (κ2) is 7.02. The highest BCUT2D eigenvalue weighted by Crippen LogP contribution is 2.39. The van der Waals surface area contributed by atoms with E-state index in [9.17, 15) is 18.0 Å². The Labute approximate surface area is 153 Å². The first-order valence-corrected chi connectivity index (χ1v) is 8.41. The zero-order valence-corrected chi connectivity index (χ0v) is 15.1. The number of carbonyl (C=O) groups excluding carboxylic acids is 1. The smallest absolute Gasteiger partial charge is 0.435 e. The monoisotopic (exact) mass is 377 g/mol. The zero-order chi connectivity index (χ0) is 19.8. The van der Waals surface area contributed by atoms with Crippen molar-refractivity contribution in [2.24, 2.45) is 0 Å². The van der Waals surface area contributed by atoms with Gasteiger partial charge in [0.25, 0.3) is 0 Å². The molecule has 0 atom stereocenters. The second-order valence-electron chi connectivity index (χ2n) is 6.07. The van der Waals surface area contributed by atoms with Crippen molar-refractivity contribution in [1.29, 1.82) is 0 Å². The average Bonchev–Trinajstić information content (AvgIpc) is 2.99. The molecule has 0 aliphatic heterocycles. The van der Waals surface area contributed by atoms with Crippen LogP contribution in [-0.2, 0) is 22.1 Å². The summed E-state index contributed by atoms with van der Waals surface area (Å²) >= 11 is 0. The first-order chi connectivity index (χ1) is 12.7. The summed E-state index contributed by atoms with van der Waals surface area (Å²) in [5.74, 6) is -0.462. The molecular weight excluding hydrogens is 359 g/mol. The summed E-state index contributed by atoms with van der Waals surface area (Å²) in [7, 11) is 0. The van der Waals surface area contributed by atoms with Crippen LogP contribution in [0.2, 0.25) is 0 Å². The van der Waals surface area contributed by atoms with Gasteiger partial charge in [0.1, 0.15) is 0 Å². The van der Waals surface area contributed by atoms with Gasteiger partial charge in [0.2, 0.25) is 0 Å². The fourth-order valence-corrected chi connectivity index (χ4v) is 3.04. The number of fused-ring (bicyclic) bond motifs is 1. The summed E-state index contributed by atoms with van der Waals surface area (Å²) < 4.78 is 47.0. The molecule has 3 rings (SSSR count). The van der Waals surface area contributed by atoms with Crippen LogP contribution in [0.5, 0.6) is 0 Å². The van der Waals surface area contributed by atoms with Gasteiger partial charge >= 0.3 is 12.1 Å². The first kappa shape index (κ1) is 18.9. The van der Waals surface area contributed by atoms with Crippen molar-refractivity contribution < 1.29 is 22.7 Å². The Morgan fingerprint density at radius 2 is 1.85 bits per heavy atom. The van der Waals surface area contributed by atoms with E-state index in [1.165, 1.54) is 0 Å². The Morgan fingerprint density at radius 1 is 1.19 bits per heavy atom. The Bertz CT molecular complexity index is 995. The molecule has 0 radical (unpaired) electrons. The Balaban J connectivity index is 2.28. The van der Waals surface area contributed by atoms with E-state index in [0.29, 0.717) is 22.5 Å². The van der Waals surface area contributed by atoms with E-state index in [0.717, 1.165) is 4.52 Å². The molecule has 0 saturated carbocycles. The van der Waals surface area contributed by atoms with Gasteiger partial charge in [-0.3, -0.25) is 4.79 Å². The lowest BCUT2D eigenvalue weighted by Crippen LogP contribution is -2.13. The highest BCUT2D eigenvalue weighted by molar-refractivity contribution is 5.81. The minimum Gasteiger partial charge on any atom is -0.466 e. The summed E-state index contributed by atoms with van der Waals surface area (Å²) in [6, 6.07) is 8.22.